The maximum Gasteiger partial charge on any atom is 0.232 e. The van der Waals surface area contributed by atoms with Crippen LogP contribution in [-0.4, -0.2) is 58.7 Å². The van der Waals surface area contributed by atoms with E-state index >= 15 is 0 Å². The van der Waals surface area contributed by atoms with Gasteiger partial charge < -0.3 is 10.2 Å². The van der Waals surface area contributed by atoms with Crippen LogP contribution in [0.2, 0.25) is 5.02 Å². The molecule has 0 spiro atoms. The number of nitrogens with zero attached hydrogens (tertiary/aromatic N) is 2. The quantitative estimate of drug-likeness (QED) is 0.673. The molecule has 8 heteroatoms. The van der Waals surface area contributed by atoms with Crippen molar-refractivity contribution in [2.24, 2.45) is 5.92 Å². The number of amides is 1. The molecule has 0 saturated carbocycles. The Labute approximate surface area is 167 Å². The molecule has 0 bridgehead atoms. The normalized spacial score (nSPS) is 16.3. The van der Waals surface area contributed by atoms with E-state index in [1.54, 1.807) is 24.3 Å². The second kappa shape index (κ2) is 10.3. The number of halogens is 1. The van der Waals surface area contributed by atoms with E-state index < -0.39 is 10.0 Å². The number of carbonyl (C=O) groups excluding carboxylic acids is 1. The molecule has 1 aromatic carbocycles. The zero-order valence-corrected chi connectivity index (χ0v) is 17.7. The van der Waals surface area contributed by atoms with Crippen molar-refractivity contribution in [3.05, 3.63) is 29.3 Å². The molecule has 1 amide bonds. The van der Waals surface area contributed by atoms with E-state index in [1.807, 2.05) is 0 Å². The summed E-state index contributed by atoms with van der Waals surface area (Å²) < 4.78 is 25.4. The smallest absolute Gasteiger partial charge is 0.232 e. The Morgan fingerprint density at radius 1 is 1.26 bits per heavy atom. The molecule has 2 rings (SSSR count). The fourth-order valence-electron chi connectivity index (χ4n) is 3.33. The van der Waals surface area contributed by atoms with Crippen LogP contribution in [0, 0.1) is 5.92 Å². The lowest BCUT2D eigenvalue weighted by atomic mass is 9.94. The highest BCUT2D eigenvalue weighted by Crippen LogP contribution is 2.21. The van der Waals surface area contributed by atoms with Crippen LogP contribution >= 0.6 is 11.6 Å². The van der Waals surface area contributed by atoms with Crippen LogP contribution in [0.3, 0.4) is 0 Å². The first-order valence-corrected chi connectivity index (χ1v) is 11.7. The molecule has 1 aliphatic heterocycles. The van der Waals surface area contributed by atoms with Crippen molar-refractivity contribution < 1.29 is 13.2 Å². The Kier molecular flexibility index (Phi) is 8.38. The third kappa shape index (κ3) is 7.68. The average molecular weight is 416 g/mol. The van der Waals surface area contributed by atoms with Crippen molar-refractivity contribution in [2.45, 2.75) is 32.1 Å². The Morgan fingerprint density at radius 3 is 2.48 bits per heavy atom. The number of anilines is 1. The largest absolute Gasteiger partial charge is 0.356 e. The first kappa shape index (κ1) is 22.0. The summed E-state index contributed by atoms with van der Waals surface area (Å²) in [5.74, 6) is 0.666. The SMILES string of the molecule is CN1CCC(CCNC(=O)CCCN(c2ccc(Cl)cc2)S(C)(=O)=O)CC1. The second-order valence-corrected chi connectivity index (χ2v) is 9.64. The third-order valence-corrected chi connectivity index (χ3v) is 6.44. The van der Waals surface area contributed by atoms with E-state index in [1.165, 1.54) is 23.4 Å². The molecule has 0 atom stereocenters. The third-order valence-electron chi connectivity index (χ3n) is 4.99. The summed E-state index contributed by atoms with van der Waals surface area (Å²) in [7, 11) is -1.27. The Bertz CT molecular complexity index is 701. The summed E-state index contributed by atoms with van der Waals surface area (Å²) in [6.45, 7) is 3.22. The Hall–Kier alpha value is -1.31. The van der Waals surface area contributed by atoms with Crippen molar-refractivity contribution in [3.8, 4) is 0 Å². The van der Waals surface area contributed by atoms with Crippen LogP contribution in [0.15, 0.2) is 24.3 Å². The number of piperidine rings is 1. The number of likely N-dealkylation sites (tertiary alicyclic amines) is 1. The van der Waals surface area contributed by atoms with Gasteiger partial charge in [-0.05, 0) is 76.0 Å². The van der Waals surface area contributed by atoms with Gasteiger partial charge in [0.05, 0.1) is 11.9 Å². The van der Waals surface area contributed by atoms with Gasteiger partial charge >= 0.3 is 0 Å². The van der Waals surface area contributed by atoms with Gasteiger partial charge in [-0.25, -0.2) is 8.42 Å². The van der Waals surface area contributed by atoms with Gasteiger partial charge in [0, 0.05) is 24.5 Å². The minimum Gasteiger partial charge on any atom is -0.356 e. The molecule has 1 aliphatic rings. The molecule has 1 saturated heterocycles. The number of hydrogen-bond acceptors (Lipinski definition) is 4. The summed E-state index contributed by atoms with van der Waals surface area (Å²) in [6, 6.07) is 6.66. The van der Waals surface area contributed by atoms with E-state index in [-0.39, 0.29) is 12.5 Å². The Morgan fingerprint density at radius 2 is 1.89 bits per heavy atom. The van der Waals surface area contributed by atoms with Crippen molar-refractivity contribution in [3.63, 3.8) is 0 Å². The molecule has 152 valence electrons. The Balaban J connectivity index is 1.72. The predicted octanol–water partition coefficient (Wildman–Crippen LogP) is 2.73. The fraction of sp³-hybridized carbons (Fsp3) is 0.632. The lowest BCUT2D eigenvalue weighted by Crippen LogP contribution is -2.33. The molecule has 0 radical (unpaired) electrons. The van der Waals surface area contributed by atoms with Crippen molar-refractivity contribution in [1.29, 1.82) is 0 Å². The monoisotopic (exact) mass is 415 g/mol. The molecule has 1 heterocycles. The highest BCUT2D eigenvalue weighted by molar-refractivity contribution is 7.92. The van der Waals surface area contributed by atoms with Crippen LogP contribution < -0.4 is 9.62 Å². The first-order valence-electron chi connectivity index (χ1n) is 9.44. The van der Waals surface area contributed by atoms with Crippen molar-refractivity contribution in [2.75, 3.05) is 43.8 Å². The van der Waals surface area contributed by atoms with E-state index in [2.05, 4.69) is 17.3 Å². The number of benzene rings is 1. The van der Waals surface area contributed by atoms with Crippen LogP contribution in [0.25, 0.3) is 0 Å². The molecule has 1 N–H and O–H groups in total. The number of rotatable bonds is 9. The highest BCUT2D eigenvalue weighted by Gasteiger charge is 2.18. The van der Waals surface area contributed by atoms with Gasteiger partial charge in [0.15, 0.2) is 0 Å². The minimum atomic E-state index is -3.41. The topological polar surface area (TPSA) is 69.7 Å². The van der Waals surface area contributed by atoms with Gasteiger partial charge in [0.25, 0.3) is 0 Å². The van der Waals surface area contributed by atoms with Crippen molar-refractivity contribution >= 4 is 33.2 Å². The summed E-state index contributed by atoms with van der Waals surface area (Å²) >= 11 is 5.86. The number of carbonyl (C=O) groups is 1. The van der Waals surface area contributed by atoms with Crippen LogP contribution in [0.5, 0.6) is 0 Å². The van der Waals surface area contributed by atoms with Gasteiger partial charge in [0.1, 0.15) is 0 Å². The molecule has 6 nitrogen and oxygen atoms in total. The van der Waals surface area contributed by atoms with Crippen molar-refractivity contribution in [1.82, 2.24) is 10.2 Å². The van der Waals surface area contributed by atoms with E-state index in [4.69, 9.17) is 11.6 Å². The second-order valence-electron chi connectivity index (χ2n) is 7.30. The molecular formula is C19H30ClN3O3S. The summed E-state index contributed by atoms with van der Waals surface area (Å²) in [6.07, 6.45) is 5.35. The summed E-state index contributed by atoms with van der Waals surface area (Å²) in [5, 5.41) is 3.51. The lowest BCUT2D eigenvalue weighted by molar-refractivity contribution is -0.121. The lowest BCUT2D eigenvalue weighted by Gasteiger charge is -2.28. The number of sulfonamides is 1. The van der Waals surface area contributed by atoms with Gasteiger partial charge in [-0.2, -0.15) is 0 Å². The number of nitrogens with one attached hydrogen (secondary N) is 1. The zero-order valence-electron chi connectivity index (χ0n) is 16.2. The standard InChI is InChI=1S/C19H30ClN3O3S/c1-22-14-10-16(11-15-22)9-12-21-19(24)4-3-13-23(27(2,25)26)18-7-5-17(20)6-8-18/h5-8,16H,3-4,9-15H2,1-2H3,(H,21,24). The molecular weight excluding hydrogens is 386 g/mol. The summed E-state index contributed by atoms with van der Waals surface area (Å²) in [4.78, 5) is 14.4. The van der Waals surface area contributed by atoms with Gasteiger partial charge in [-0.15, -0.1) is 0 Å². The van der Waals surface area contributed by atoms with Gasteiger partial charge in [-0.1, -0.05) is 11.6 Å². The molecule has 0 aliphatic carbocycles. The molecule has 0 aromatic heterocycles. The minimum absolute atomic E-state index is 0.0208. The summed E-state index contributed by atoms with van der Waals surface area (Å²) in [5.41, 5.74) is 0.560. The van der Waals surface area contributed by atoms with Crippen LogP contribution in [0.1, 0.15) is 32.1 Å². The van der Waals surface area contributed by atoms with E-state index in [9.17, 15) is 13.2 Å². The van der Waals surface area contributed by atoms with Crippen LogP contribution in [0.4, 0.5) is 5.69 Å². The predicted molar refractivity (Wildman–Crippen MR) is 111 cm³/mol. The maximum atomic E-state index is 12.1. The highest BCUT2D eigenvalue weighted by atomic mass is 35.5. The molecule has 1 aromatic rings. The first-order chi connectivity index (χ1) is 12.8. The van der Waals surface area contributed by atoms with E-state index in [0.29, 0.717) is 36.0 Å². The van der Waals surface area contributed by atoms with Gasteiger partial charge in [0.2, 0.25) is 15.9 Å². The fourth-order valence-corrected chi connectivity index (χ4v) is 4.42. The van der Waals surface area contributed by atoms with Crippen LogP contribution in [-0.2, 0) is 14.8 Å². The van der Waals surface area contributed by atoms with E-state index in [0.717, 1.165) is 19.5 Å². The average Bonchev–Trinajstić information content (AvgIpc) is 2.60. The zero-order chi connectivity index (χ0) is 19.9. The maximum absolute atomic E-state index is 12.1. The molecule has 1 fully saturated rings. The molecule has 27 heavy (non-hydrogen) atoms. The van der Waals surface area contributed by atoms with Gasteiger partial charge in [-0.3, -0.25) is 9.10 Å². The molecule has 0 unspecified atom stereocenters. The number of hydrogen-bond donors (Lipinski definition) is 1.